The summed E-state index contributed by atoms with van der Waals surface area (Å²) >= 11 is 3.22. The van der Waals surface area contributed by atoms with Gasteiger partial charge in [-0.2, -0.15) is 0 Å². The van der Waals surface area contributed by atoms with Gasteiger partial charge in [0.1, 0.15) is 11.6 Å². The smallest absolute Gasteiger partial charge is 0.137 e. The number of hydrogen-bond donors (Lipinski definition) is 0. The van der Waals surface area contributed by atoms with Gasteiger partial charge in [0.05, 0.1) is 0 Å². The molecule has 1 aromatic rings. The van der Waals surface area contributed by atoms with Gasteiger partial charge in [-0.3, -0.25) is 4.79 Å². The summed E-state index contributed by atoms with van der Waals surface area (Å²) < 4.78 is 13.7. The Kier molecular flexibility index (Phi) is 5.13. The summed E-state index contributed by atoms with van der Waals surface area (Å²) in [5, 5.41) is 0. The Labute approximate surface area is 104 Å². The summed E-state index contributed by atoms with van der Waals surface area (Å²) in [6.07, 6.45) is 1.89. The van der Waals surface area contributed by atoms with E-state index in [1.54, 1.807) is 6.07 Å². The van der Waals surface area contributed by atoms with Crippen LogP contribution in [0.1, 0.15) is 32.3 Å². The highest BCUT2D eigenvalue weighted by Crippen LogP contribution is 2.17. The predicted molar refractivity (Wildman–Crippen MR) is 66.9 cm³/mol. The molecule has 16 heavy (non-hydrogen) atoms. The summed E-state index contributed by atoms with van der Waals surface area (Å²) in [5.74, 6) is 0.275. The Morgan fingerprint density at radius 3 is 2.69 bits per heavy atom. The fourth-order valence-electron chi connectivity index (χ4n) is 1.55. The number of Topliss-reactive ketones (excluding diaryl/α,β-unsaturated/α-hetero) is 1. The van der Waals surface area contributed by atoms with Crippen LogP contribution in [0.15, 0.2) is 22.7 Å². The summed E-state index contributed by atoms with van der Waals surface area (Å²) in [4.78, 5) is 11.7. The van der Waals surface area contributed by atoms with E-state index in [9.17, 15) is 9.18 Å². The maximum atomic E-state index is 13.1. The second-order valence-corrected chi connectivity index (χ2v) is 5.13. The molecule has 0 aromatic heterocycles. The van der Waals surface area contributed by atoms with Crippen LogP contribution in [0.3, 0.4) is 0 Å². The third-order valence-electron chi connectivity index (χ3n) is 2.60. The molecular formula is C13H16BrFO. The molecule has 1 atom stereocenters. The van der Waals surface area contributed by atoms with Gasteiger partial charge in [0, 0.05) is 17.3 Å². The van der Waals surface area contributed by atoms with E-state index in [-0.39, 0.29) is 11.6 Å². The van der Waals surface area contributed by atoms with Gasteiger partial charge in [-0.15, -0.1) is 0 Å². The molecule has 0 heterocycles. The number of benzene rings is 1. The van der Waals surface area contributed by atoms with E-state index in [1.807, 2.05) is 0 Å². The van der Waals surface area contributed by atoms with Gasteiger partial charge in [0.25, 0.3) is 0 Å². The van der Waals surface area contributed by atoms with Crippen molar-refractivity contribution < 1.29 is 9.18 Å². The molecule has 1 rings (SSSR count). The average molecular weight is 287 g/mol. The van der Waals surface area contributed by atoms with E-state index in [1.165, 1.54) is 12.1 Å². The van der Waals surface area contributed by atoms with Gasteiger partial charge < -0.3 is 0 Å². The van der Waals surface area contributed by atoms with E-state index in [2.05, 4.69) is 29.8 Å². The molecule has 0 aliphatic carbocycles. The number of halogens is 2. The van der Waals surface area contributed by atoms with Crippen molar-refractivity contribution in [3.05, 3.63) is 34.1 Å². The minimum Gasteiger partial charge on any atom is -0.299 e. The summed E-state index contributed by atoms with van der Waals surface area (Å²) in [6.45, 7) is 4.12. The topological polar surface area (TPSA) is 17.1 Å². The standard InChI is InChI=1S/C13H16BrFO/c1-3-9(2)4-13(16)7-10-5-11(14)8-12(15)6-10/h5-6,8-9H,3-4,7H2,1-2H3. The molecule has 0 spiro atoms. The van der Waals surface area contributed by atoms with Gasteiger partial charge in [-0.1, -0.05) is 36.2 Å². The van der Waals surface area contributed by atoms with Crippen LogP contribution in [0.2, 0.25) is 0 Å². The summed E-state index contributed by atoms with van der Waals surface area (Å²) in [5.41, 5.74) is 0.736. The molecule has 1 nitrogen and oxygen atoms in total. The molecule has 0 N–H and O–H groups in total. The van der Waals surface area contributed by atoms with Gasteiger partial charge >= 0.3 is 0 Å². The molecule has 0 amide bonds. The van der Waals surface area contributed by atoms with E-state index >= 15 is 0 Å². The fraction of sp³-hybridized carbons (Fsp3) is 0.462. The Hall–Kier alpha value is -0.700. The van der Waals surface area contributed by atoms with Crippen molar-refractivity contribution in [1.82, 2.24) is 0 Å². The molecular weight excluding hydrogens is 271 g/mol. The molecule has 0 bridgehead atoms. The van der Waals surface area contributed by atoms with Crippen molar-refractivity contribution in [1.29, 1.82) is 0 Å². The maximum absolute atomic E-state index is 13.1. The largest absolute Gasteiger partial charge is 0.299 e. The number of ketones is 1. The highest BCUT2D eigenvalue weighted by atomic mass is 79.9. The zero-order valence-electron chi connectivity index (χ0n) is 9.59. The van der Waals surface area contributed by atoms with Gasteiger partial charge in [-0.05, 0) is 29.7 Å². The monoisotopic (exact) mass is 286 g/mol. The Balaban J connectivity index is 2.62. The Bertz CT molecular complexity index is 356. The van der Waals surface area contributed by atoms with E-state index < -0.39 is 0 Å². The van der Waals surface area contributed by atoms with Gasteiger partial charge in [-0.25, -0.2) is 4.39 Å². The van der Waals surface area contributed by atoms with Crippen molar-refractivity contribution in [2.75, 3.05) is 0 Å². The quantitative estimate of drug-likeness (QED) is 0.795. The second kappa shape index (κ2) is 6.14. The molecule has 88 valence electrons. The molecule has 0 saturated carbocycles. The van der Waals surface area contributed by atoms with E-state index in [0.29, 0.717) is 23.2 Å². The van der Waals surface area contributed by atoms with Crippen LogP contribution in [0.4, 0.5) is 4.39 Å². The normalized spacial score (nSPS) is 12.5. The second-order valence-electron chi connectivity index (χ2n) is 4.21. The van der Waals surface area contributed by atoms with Crippen molar-refractivity contribution >= 4 is 21.7 Å². The Morgan fingerprint density at radius 1 is 1.44 bits per heavy atom. The number of rotatable bonds is 5. The lowest BCUT2D eigenvalue weighted by Crippen LogP contribution is -2.08. The Morgan fingerprint density at radius 2 is 2.12 bits per heavy atom. The lowest BCUT2D eigenvalue weighted by Gasteiger charge is -2.07. The molecule has 0 aliphatic heterocycles. The molecule has 0 aliphatic rings. The first-order chi connectivity index (χ1) is 7.51. The fourth-order valence-corrected chi connectivity index (χ4v) is 2.06. The third kappa shape index (κ3) is 4.44. The first kappa shape index (κ1) is 13.4. The highest BCUT2D eigenvalue weighted by Gasteiger charge is 2.09. The van der Waals surface area contributed by atoms with Crippen LogP contribution in [0, 0.1) is 11.7 Å². The number of carbonyl (C=O) groups excluding carboxylic acids is 1. The predicted octanol–water partition coefficient (Wildman–Crippen LogP) is 4.14. The first-order valence-corrected chi connectivity index (χ1v) is 6.27. The molecule has 0 radical (unpaired) electrons. The van der Waals surface area contributed by atoms with Gasteiger partial charge in [0.2, 0.25) is 0 Å². The van der Waals surface area contributed by atoms with Crippen LogP contribution in [-0.4, -0.2) is 5.78 Å². The molecule has 1 aromatic carbocycles. The average Bonchev–Trinajstić information content (AvgIpc) is 2.15. The SMILES string of the molecule is CCC(C)CC(=O)Cc1cc(F)cc(Br)c1. The molecule has 3 heteroatoms. The summed E-state index contributed by atoms with van der Waals surface area (Å²) in [7, 11) is 0. The summed E-state index contributed by atoms with van der Waals surface area (Å²) in [6, 6.07) is 4.60. The van der Waals surface area contributed by atoms with Crippen molar-refractivity contribution in [2.24, 2.45) is 5.92 Å². The number of hydrogen-bond acceptors (Lipinski definition) is 1. The molecule has 0 saturated heterocycles. The van der Waals surface area contributed by atoms with Crippen LogP contribution in [0.25, 0.3) is 0 Å². The van der Waals surface area contributed by atoms with E-state index in [4.69, 9.17) is 0 Å². The zero-order chi connectivity index (χ0) is 12.1. The van der Waals surface area contributed by atoms with Gasteiger partial charge in [0.15, 0.2) is 0 Å². The molecule has 0 fully saturated rings. The minimum absolute atomic E-state index is 0.173. The highest BCUT2D eigenvalue weighted by molar-refractivity contribution is 9.10. The van der Waals surface area contributed by atoms with E-state index in [0.717, 1.165) is 12.0 Å². The van der Waals surface area contributed by atoms with Crippen molar-refractivity contribution in [3.8, 4) is 0 Å². The zero-order valence-corrected chi connectivity index (χ0v) is 11.2. The van der Waals surface area contributed by atoms with Crippen LogP contribution in [-0.2, 0) is 11.2 Å². The van der Waals surface area contributed by atoms with Crippen molar-refractivity contribution in [3.63, 3.8) is 0 Å². The number of carbonyl (C=O) groups is 1. The lowest BCUT2D eigenvalue weighted by molar-refractivity contribution is -0.119. The third-order valence-corrected chi connectivity index (χ3v) is 3.05. The maximum Gasteiger partial charge on any atom is 0.137 e. The van der Waals surface area contributed by atoms with Crippen LogP contribution < -0.4 is 0 Å². The molecule has 1 unspecified atom stereocenters. The van der Waals surface area contributed by atoms with Crippen LogP contribution >= 0.6 is 15.9 Å². The van der Waals surface area contributed by atoms with Crippen LogP contribution in [0.5, 0.6) is 0 Å². The van der Waals surface area contributed by atoms with Crippen molar-refractivity contribution in [2.45, 2.75) is 33.1 Å². The lowest BCUT2D eigenvalue weighted by atomic mass is 9.98. The minimum atomic E-state index is -0.305. The first-order valence-electron chi connectivity index (χ1n) is 5.48.